The highest BCUT2D eigenvalue weighted by Gasteiger charge is 2.32. The first-order valence-corrected chi connectivity index (χ1v) is 7.73. The van der Waals surface area contributed by atoms with Crippen LogP contribution in [-0.4, -0.2) is 32.4 Å². The summed E-state index contributed by atoms with van der Waals surface area (Å²) in [6.07, 6.45) is 0.819. The van der Waals surface area contributed by atoms with Crippen LogP contribution in [0.25, 0.3) is 0 Å². The van der Waals surface area contributed by atoms with Gasteiger partial charge >= 0.3 is 0 Å². The third kappa shape index (κ3) is 2.54. The number of halogens is 1. The molecule has 100 valence electrons. The molecule has 18 heavy (non-hydrogen) atoms. The molecule has 1 heterocycles. The quantitative estimate of drug-likeness (QED) is 0.919. The molecule has 4 nitrogen and oxygen atoms in total. The monoisotopic (exact) mass is 288 g/mol. The van der Waals surface area contributed by atoms with Gasteiger partial charge in [0.2, 0.25) is 10.0 Å². The molecule has 1 fully saturated rings. The fraction of sp³-hybridized carbons (Fsp3) is 0.500. The van der Waals surface area contributed by atoms with Crippen molar-refractivity contribution in [3.63, 3.8) is 0 Å². The van der Waals surface area contributed by atoms with Gasteiger partial charge in [0.15, 0.2) is 0 Å². The van der Waals surface area contributed by atoms with Crippen LogP contribution in [0.15, 0.2) is 23.1 Å². The fourth-order valence-corrected chi connectivity index (χ4v) is 4.27. The lowest BCUT2D eigenvalue weighted by atomic mass is 10.1. The van der Waals surface area contributed by atoms with Crippen molar-refractivity contribution in [3.8, 4) is 0 Å². The molecule has 1 aliphatic rings. The average molecular weight is 289 g/mol. The number of hydrogen-bond donors (Lipinski definition) is 1. The number of nitrogens with zero attached hydrogens (tertiary/aromatic N) is 1. The maximum atomic E-state index is 12.4. The van der Waals surface area contributed by atoms with Crippen LogP contribution in [0.2, 0.25) is 5.02 Å². The molecule has 0 bridgehead atoms. The highest BCUT2D eigenvalue weighted by Crippen LogP contribution is 2.29. The molecule has 6 heteroatoms. The molecule has 1 aromatic carbocycles. The Balaban J connectivity index is 2.31. The lowest BCUT2D eigenvalue weighted by Crippen LogP contribution is -2.30. The number of rotatable bonds is 3. The summed E-state index contributed by atoms with van der Waals surface area (Å²) in [6.45, 7) is 3.41. The lowest BCUT2D eigenvalue weighted by Gasteiger charge is -2.17. The summed E-state index contributed by atoms with van der Waals surface area (Å²) < 4.78 is 26.3. The van der Waals surface area contributed by atoms with Gasteiger partial charge in [-0.15, -0.1) is 0 Å². The second kappa shape index (κ2) is 5.17. The van der Waals surface area contributed by atoms with Gasteiger partial charge in [-0.05, 0) is 43.5 Å². The van der Waals surface area contributed by atoms with Gasteiger partial charge < -0.3 is 5.73 Å². The zero-order valence-electron chi connectivity index (χ0n) is 10.3. The summed E-state index contributed by atoms with van der Waals surface area (Å²) in [5.41, 5.74) is 6.52. The van der Waals surface area contributed by atoms with E-state index in [-0.39, 0.29) is 15.8 Å². The first-order chi connectivity index (χ1) is 8.45. The number of nitrogens with two attached hydrogens (primary N) is 1. The van der Waals surface area contributed by atoms with Crippen molar-refractivity contribution in [2.45, 2.75) is 18.2 Å². The summed E-state index contributed by atoms with van der Waals surface area (Å²) >= 11 is 6.03. The smallest absolute Gasteiger partial charge is 0.244 e. The summed E-state index contributed by atoms with van der Waals surface area (Å²) in [5, 5.41) is 0.284. The summed E-state index contributed by atoms with van der Waals surface area (Å²) in [5.74, 6) is 0.254. The molecule has 0 aromatic heterocycles. The van der Waals surface area contributed by atoms with Gasteiger partial charge in [0.05, 0.1) is 5.02 Å². The molecular formula is C12H17ClN2O2S. The van der Waals surface area contributed by atoms with E-state index >= 15 is 0 Å². The fourth-order valence-electron chi connectivity index (χ4n) is 2.16. The molecule has 0 spiro atoms. The molecule has 1 saturated heterocycles. The standard InChI is InChI=1S/C12H17ClN2O2S/c1-9-2-3-12(11(13)6-9)18(16,17)15-5-4-10(7-14)8-15/h2-3,6,10H,4-5,7-8,14H2,1H3/t10-/m0/s1. The van der Waals surface area contributed by atoms with E-state index in [1.54, 1.807) is 18.2 Å². The van der Waals surface area contributed by atoms with Gasteiger partial charge in [-0.1, -0.05) is 17.7 Å². The van der Waals surface area contributed by atoms with E-state index in [4.69, 9.17) is 17.3 Å². The summed E-state index contributed by atoms with van der Waals surface area (Å²) in [6, 6.07) is 5.00. The van der Waals surface area contributed by atoms with Crippen LogP contribution in [-0.2, 0) is 10.0 Å². The van der Waals surface area contributed by atoms with E-state index in [9.17, 15) is 8.42 Å². The van der Waals surface area contributed by atoms with Gasteiger partial charge in [0.1, 0.15) is 4.90 Å². The Morgan fingerprint density at radius 2 is 2.22 bits per heavy atom. The van der Waals surface area contributed by atoms with Crippen LogP contribution in [0.5, 0.6) is 0 Å². The molecule has 0 radical (unpaired) electrons. The lowest BCUT2D eigenvalue weighted by molar-refractivity contribution is 0.459. The summed E-state index contributed by atoms with van der Waals surface area (Å²) in [4.78, 5) is 0.187. The van der Waals surface area contributed by atoms with Crippen LogP contribution in [0, 0.1) is 12.8 Å². The normalized spacial score (nSPS) is 21.4. The Morgan fingerprint density at radius 1 is 1.50 bits per heavy atom. The molecule has 2 N–H and O–H groups in total. The van der Waals surface area contributed by atoms with Crippen LogP contribution >= 0.6 is 11.6 Å². The molecule has 2 rings (SSSR count). The van der Waals surface area contributed by atoms with Gasteiger partial charge in [0, 0.05) is 13.1 Å². The predicted molar refractivity (Wildman–Crippen MR) is 72.1 cm³/mol. The molecule has 1 aliphatic heterocycles. The zero-order chi connectivity index (χ0) is 13.3. The first-order valence-electron chi connectivity index (χ1n) is 5.91. The van der Waals surface area contributed by atoms with E-state index < -0.39 is 10.0 Å². The van der Waals surface area contributed by atoms with Gasteiger partial charge in [-0.3, -0.25) is 0 Å². The molecule has 0 unspecified atom stereocenters. The zero-order valence-corrected chi connectivity index (χ0v) is 11.8. The highest BCUT2D eigenvalue weighted by molar-refractivity contribution is 7.89. The minimum absolute atomic E-state index is 0.187. The first kappa shape index (κ1) is 13.8. The Hall–Kier alpha value is -0.620. The van der Waals surface area contributed by atoms with E-state index in [2.05, 4.69) is 0 Å². The van der Waals surface area contributed by atoms with E-state index in [0.29, 0.717) is 19.6 Å². The maximum Gasteiger partial charge on any atom is 0.244 e. The Kier molecular flexibility index (Phi) is 3.96. The van der Waals surface area contributed by atoms with Gasteiger partial charge in [0.25, 0.3) is 0 Å². The van der Waals surface area contributed by atoms with Crippen molar-refractivity contribution < 1.29 is 8.42 Å². The van der Waals surface area contributed by atoms with E-state index in [1.807, 2.05) is 6.92 Å². The highest BCUT2D eigenvalue weighted by atomic mass is 35.5. The van der Waals surface area contributed by atoms with Crippen LogP contribution in [0.3, 0.4) is 0 Å². The number of aryl methyl sites for hydroxylation is 1. The van der Waals surface area contributed by atoms with Crippen molar-refractivity contribution in [2.75, 3.05) is 19.6 Å². The topological polar surface area (TPSA) is 63.4 Å². The van der Waals surface area contributed by atoms with Crippen molar-refractivity contribution >= 4 is 21.6 Å². The van der Waals surface area contributed by atoms with Crippen molar-refractivity contribution in [1.29, 1.82) is 0 Å². The van der Waals surface area contributed by atoms with Crippen LogP contribution in [0.4, 0.5) is 0 Å². The third-order valence-electron chi connectivity index (χ3n) is 3.29. The Bertz CT molecular complexity index is 545. The summed E-state index contributed by atoms with van der Waals surface area (Å²) in [7, 11) is -3.48. The van der Waals surface area contributed by atoms with E-state index in [1.165, 1.54) is 4.31 Å². The van der Waals surface area contributed by atoms with Crippen molar-refractivity contribution in [3.05, 3.63) is 28.8 Å². The van der Waals surface area contributed by atoms with E-state index in [0.717, 1.165) is 12.0 Å². The number of benzene rings is 1. The van der Waals surface area contributed by atoms with Gasteiger partial charge in [-0.2, -0.15) is 4.31 Å². The Morgan fingerprint density at radius 3 is 2.78 bits per heavy atom. The van der Waals surface area contributed by atoms with Crippen molar-refractivity contribution in [1.82, 2.24) is 4.31 Å². The molecule has 0 saturated carbocycles. The second-order valence-corrected chi connectivity index (χ2v) is 7.00. The van der Waals surface area contributed by atoms with Gasteiger partial charge in [-0.25, -0.2) is 8.42 Å². The maximum absolute atomic E-state index is 12.4. The molecular weight excluding hydrogens is 272 g/mol. The van der Waals surface area contributed by atoms with Crippen molar-refractivity contribution in [2.24, 2.45) is 11.7 Å². The minimum atomic E-state index is -3.48. The number of sulfonamides is 1. The molecule has 0 aliphatic carbocycles. The SMILES string of the molecule is Cc1ccc(S(=O)(=O)N2CC[C@@H](CN)C2)c(Cl)c1. The van der Waals surface area contributed by atoms with Crippen LogP contribution in [0.1, 0.15) is 12.0 Å². The largest absolute Gasteiger partial charge is 0.330 e. The minimum Gasteiger partial charge on any atom is -0.330 e. The Labute approximate surface area is 113 Å². The molecule has 1 atom stereocenters. The number of hydrogen-bond acceptors (Lipinski definition) is 3. The second-order valence-electron chi connectivity index (χ2n) is 4.69. The molecule has 0 amide bonds. The predicted octanol–water partition coefficient (Wildman–Crippen LogP) is 1.62. The third-order valence-corrected chi connectivity index (χ3v) is 5.64. The average Bonchev–Trinajstić information content (AvgIpc) is 2.77. The molecule has 1 aromatic rings. The van der Waals surface area contributed by atoms with Crippen LogP contribution < -0.4 is 5.73 Å².